The monoisotopic (exact) mass is 639 g/mol. The van der Waals surface area contributed by atoms with E-state index in [4.69, 9.17) is 31.6 Å². The van der Waals surface area contributed by atoms with Gasteiger partial charge < -0.3 is 24.2 Å². The second-order valence-corrected chi connectivity index (χ2v) is 13.5. The highest BCUT2D eigenvalue weighted by Gasteiger charge is 2.30. The van der Waals surface area contributed by atoms with Gasteiger partial charge in [0.1, 0.15) is 34.3 Å². The van der Waals surface area contributed by atoms with E-state index >= 15 is 0 Å². The van der Waals surface area contributed by atoms with Crippen molar-refractivity contribution in [3.8, 4) is 12.1 Å². The molecule has 2 unspecified atom stereocenters. The number of anilines is 1. The Hall–Kier alpha value is -4.09. The third-order valence-electron chi connectivity index (χ3n) is 6.62. The van der Waals surface area contributed by atoms with Crippen LogP contribution < -0.4 is 4.90 Å². The maximum absolute atomic E-state index is 12.1. The molecule has 0 aromatic carbocycles. The van der Waals surface area contributed by atoms with Gasteiger partial charge in [-0.2, -0.15) is 10.5 Å². The number of piperidine rings is 1. The molecule has 0 N–H and O–H groups in total. The number of carbonyl (C=O) groups excluding carboxylic acids is 2. The second kappa shape index (κ2) is 16.8. The number of nitriles is 2. The van der Waals surface area contributed by atoms with Crippen molar-refractivity contribution in [2.45, 2.75) is 85.5 Å². The average Bonchev–Trinajstić information content (AvgIpc) is 2.96. The van der Waals surface area contributed by atoms with Crippen molar-refractivity contribution < 1.29 is 19.1 Å². The van der Waals surface area contributed by atoms with E-state index in [0.717, 1.165) is 25.3 Å². The van der Waals surface area contributed by atoms with E-state index in [1.165, 1.54) is 12.6 Å². The van der Waals surface area contributed by atoms with Crippen molar-refractivity contribution in [2.24, 2.45) is 5.92 Å². The van der Waals surface area contributed by atoms with Crippen molar-refractivity contribution in [2.75, 3.05) is 37.6 Å². The van der Waals surface area contributed by atoms with Gasteiger partial charge in [0, 0.05) is 51.2 Å². The van der Waals surface area contributed by atoms with Gasteiger partial charge in [0.15, 0.2) is 0 Å². The van der Waals surface area contributed by atoms with Gasteiger partial charge >= 0.3 is 12.2 Å². The number of hydrogen-bond donors (Lipinski definition) is 0. The lowest BCUT2D eigenvalue weighted by Gasteiger charge is -2.40. The minimum Gasteiger partial charge on any atom is -0.444 e. The molecule has 2 aromatic rings. The predicted molar refractivity (Wildman–Crippen MR) is 174 cm³/mol. The Morgan fingerprint density at radius 1 is 0.822 bits per heavy atom. The first-order chi connectivity index (χ1) is 21.0. The Bertz CT molecular complexity index is 1330. The minimum absolute atomic E-state index is 0.140. The lowest BCUT2D eigenvalue weighted by Crippen LogP contribution is -2.54. The number of amides is 2. The molecule has 244 valence electrons. The van der Waals surface area contributed by atoms with Crippen LogP contribution in [-0.4, -0.2) is 81.9 Å². The fraction of sp³-hybridized carbons (Fsp3) is 0.576. The molecule has 2 atom stereocenters. The van der Waals surface area contributed by atoms with Crippen LogP contribution >= 0.6 is 11.6 Å². The smallest absolute Gasteiger partial charge is 0.410 e. The van der Waals surface area contributed by atoms with Gasteiger partial charge in [-0.1, -0.05) is 18.5 Å². The number of nitrogens with zero attached hydrogens (tertiary/aromatic N) is 7. The standard InChI is InChI=1S/C16H22N4O2.C11H21NO2.C6H3ClN2/c1-12-11-19(15(21)22-16(2,3)4)7-8-20(12)14-6-5-13(9-17)10-18-14;1-9-6-5-7-12(8-9)10(13)14-11(2,3)4;7-6-2-1-5(3-8)4-9-6/h5-6,10,12H,7-8,11H2,1-4H3;9H,5-8H2,1-4H3;1-2,4H. The number of hydrogen-bond acceptors (Lipinski definition) is 9. The Kier molecular flexibility index (Phi) is 13.9. The van der Waals surface area contributed by atoms with Crippen LogP contribution in [-0.2, 0) is 9.47 Å². The molecule has 0 spiro atoms. The highest BCUT2D eigenvalue weighted by atomic mass is 35.5. The minimum atomic E-state index is -0.480. The van der Waals surface area contributed by atoms with E-state index in [9.17, 15) is 9.59 Å². The third-order valence-corrected chi connectivity index (χ3v) is 6.84. The van der Waals surface area contributed by atoms with Crippen LogP contribution in [0.3, 0.4) is 0 Å². The molecule has 11 nitrogen and oxygen atoms in total. The summed E-state index contributed by atoms with van der Waals surface area (Å²) in [5.41, 5.74) is 0.215. The maximum Gasteiger partial charge on any atom is 0.410 e. The van der Waals surface area contributed by atoms with Crippen LogP contribution in [0.2, 0.25) is 5.15 Å². The predicted octanol–water partition coefficient (Wildman–Crippen LogP) is 6.66. The van der Waals surface area contributed by atoms with Crippen LogP contribution in [0, 0.1) is 28.6 Å². The Morgan fingerprint density at radius 2 is 1.36 bits per heavy atom. The summed E-state index contributed by atoms with van der Waals surface area (Å²) in [5.74, 6) is 1.44. The number of halogens is 1. The number of likely N-dealkylation sites (tertiary alicyclic amines) is 1. The van der Waals surface area contributed by atoms with E-state index in [1.54, 1.807) is 29.3 Å². The Labute approximate surface area is 272 Å². The SMILES string of the molecule is CC1CCCN(C(=O)OC(C)(C)C)C1.CC1CN(C(=O)OC(C)(C)C)CCN1c1ccc(C#N)cn1.N#Cc1ccc(Cl)nc1. The van der Waals surface area contributed by atoms with Crippen LogP contribution in [0.15, 0.2) is 36.7 Å². The molecule has 0 bridgehead atoms. The van der Waals surface area contributed by atoms with Crippen molar-refractivity contribution in [3.05, 3.63) is 52.9 Å². The van der Waals surface area contributed by atoms with Gasteiger partial charge in [0.05, 0.1) is 11.1 Å². The summed E-state index contributed by atoms with van der Waals surface area (Å²) in [4.78, 5) is 37.5. The molecule has 4 rings (SSSR count). The molecule has 45 heavy (non-hydrogen) atoms. The summed E-state index contributed by atoms with van der Waals surface area (Å²) in [6.07, 6.45) is 4.89. The summed E-state index contributed by atoms with van der Waals surface area (Å²) in [7, 11) is 0. The molecule has 2 aromatic heterocycles. The quantitative estimate of drug-likeness (QED) is 0.314. The molecule has 0 saturated carbocycles. The van der Waals surface area contributed by atoms with Crippen molar-refractivity contribution in [1.29, 1.82) is 10.5 Å². The number of aromatic nitrogens is 2. The Balaban J connectivity index is 0.000000261. The lowest BCUT2D eigenvalue weighted by atomic mass is 10.0. The topological polar surface area (TPSA) is 136 Å². The molecule has 0 radical (unpaired) electrons. The van der Waals surface area contributed by atoms with E-state index in [2.05, 4.69) is 34.8 Å². The zero-order valence-corrected chi connectivity index (χ0v) is 28.5. The van der Waals surface area contributed by atoms with Crippen LogP contribution in [0.5, 0.6) is 0 Å². The molecule has 0 aliphatic carbocycles. The number of piperazine rings is 1. The molecular weight excluding hydrogens is 594 g/mol. The van der Waals surface area contributed by atoms with Gasteiger partial charge in [-0.3, -0.25) is 0 Å². The van der Waals surface area contributed by atoms with Gasteiger partial charge in [0.25, 0.3) is 0 Å². The fourth-order valence-electron chi connectivity index (χ4n) is 4.54. The molecule has 2 aliphatic rings. The first-order valence-electron chi connectivity index (χ1n) is 15.1. The highest BCUT2D eigenvalue weighted by molar-refractivity contribution is 6.29. The average molecular weight is 640 g/mol. The van der Waals surface area contributed by atoms with Gasteiger partial charge in [-0.25, -0.2) is 19.6 Å². The normalized spacial score (nSPS) is 18.2. The number of pyridine rings is 2. The Morgan fingerprint density at radius 3 is 1.78 bits per heavy atom. The summed E-state index contributed by atoms with van der Waals surface area (Å²) < 4.78 is 10.7. The van der Waals surface area contributed by atoms with Crippen molar-refractivity contribution in [1.82, 2.24) is 19.8 Å². The zero-order chi connectivity index (χ0) is 33.8. The molecule has 2 fully saturated rings. The molecule has 2 aliphatic heterocycles. The molecular formula is C33H46ClN7O4. The molecule has 4 heterocycles. The third kappa shape index (κ3) is 13.6. The van der Waals surface area contributed by atoms with E-state index in [1.807, 2.05) is 58.6 Å². The van der Waals surface area contributed by atoms with Gasteiger partial charge in [-0.15, -0.1) is 0 Å². The van der Waals surface area contributed by atoms with Gasteiger partial charge in [-0.05, 0) is 91.5 Å². The van der Waals surface area contributed by atoms with Crippen LogP contribution in [0.25, 0.3) is 0 Å². The second-order valence-electron chi connectivity index (χ2n) is 13.1. The van der Waals surface area contributed by atoms with E-state index in [-0.39, 0.29) is 23.8 Å². The van der Waals surface area contributed by atoms with E-state index in [0.29, 0.717) is 41.8 Å². The number of ether oxygens (including phenoxy) is 2. The summed E-state index contributed by atoms with van der Waals surface area (Å²) in [6, 6.07) is 10.9. The lowest BCUT2D eigenvalue weighted by molar-refractivity contribution is 0.0172. The van der Waals surface area contributed by atoms with Crippen LogP contribution in [0.1, 0.15) is 79.4 Å². The largest absolute Gasteiger partial charge is 0.444 e. The first-order valence-corrected chi connectivity index (χ1v) is 15.5. The first kappa shape index (κ1) is 37.1. The highest BCUT2D eigenvalue weighted by Crippen LogP contribution is 2.21. The summed E-state index contributed by atoms with van der Waals surface area (Å²) >= 11 is 5.45. The van der Waals surface area contributed by atoms with E-state index < -0.39 is 5.60 Å². The molecule has 2 saturated heterocycles. The summed E-state index contributed by atoms with van der Waals surface area (Å²) in [6.45, 7) is 19.1. The van der Waals surface area contributed by atoms with Crippen LogP contribution in [0.4, 0.5) is 15.4 Å². The van der Waals surface area contributed by atoms with Crippen molar-refractivity contribution >= 4 is 29.6 Å². The maximum atomic E-state index is 12.1. The van der Waals surface area contributed by atoms with Gasteiger partial charge in [0.2, 0.25) is 0 Å². The fourth-order valence-corrected chi connectivity index (χ4v) is 4.65. The summed E-state index contributed by atoms with van der Waals surface area (Å²) in [5, 5.41) is 17.5. The number of rotatable bonds is 1. The molecule has 2 amide bonds. The number of carbonyl (C=O) groups is 2. The van der Waals surface area contributed by atoms with Crippen molar-refractivity contribution in [3.63, 3.8) is 0 Å². The zero-order valence-electron chi connectivity index (χ0n) is 27.7. The molecule has 12 heteroatoms.